The second kappa shape index (κ2) is 11.2. The van der Waals surface area contributed by atoms with Crippen molar-refractivity contribution in [2.75, 3.05) is 33.5 Å². The smallest absolute Gasteiger partial charge is 0.344 e. The first-order valence-corrected chi connectivity index (χ1v) is 10.8. The van der Waals surface area contributed by atoms with Crippen molar-refractivity contribution in [2.45, 2.75) is 13.8 Å². The summed E-state index contributed by atoms with van der Waals surface area (Å²) in [4.78, 5) is 48.8. The van der Waals surface area contributed by atoms with Gasteiger partial charge in [-0.05, 0) is 72.0 Å². The predicted molar refractivity (Wildman–Crippen MR) is 117 cm³/mol. The van der Waals surface area contributed by atoms with E-state index >= 15 is 0 Å². The molecule has 1 aliphatic rings. The summed E-state index contributed by atoms with van der Waals surface area (Å²) in [5, 5.41) is -0.546. The maximum Gasteiger partial charge on any atom is 0.344 e. The van der Waals surface area contributed by atoms with Gasteiger partial charge in [-0.25, -0.2) is 4.79 Å². The van der Waals surface area contributed by atoms with Gasteiger partial charge >= 0.3 is 11.9 Å². The molecule has 0 N–H and O–H groups in total. The van der Waals surface area contributed by atoms with Gasteiger partial charge in [0.2, 0.25) is 0 Å². The minimum atomic E-state index is -0.652. The van der Waals surface area contributed by atoms with E-state index in [-0.39, 0.29) is 24.7 Å². The Balaban J connectivity index is 2.21. The maximum absolute atomic E-state index is 12.5. The molecule has 1 aliphatic heterocycles. The van der Waals surface area contributed by atoms with Gasteiger partial charge in [-0.2, -0.15) is 0 Å². The van der Waals surface area contributed by atoms with Crippen LogP contribution in [0.2, 0.25) is 0 Å². The number of amides is 2. The first kappa shape index (κ1) is 24.0. The Hall–Kier alpha value is -2.28. The number of hydrogen-bond donors (Lipinski definition) is 0. The van der Waals surface area contributed by atoms with Crippen LogP contribution >= 0.6 is 34.4 Å². The fourth-order valence-electron chi connectivity index (χ4n) is 2.42. The summed E-state index contributed by atoms with van der Waals surface area (Å²) in [5.74, 6) is -1.02. The van der Waals surface area contributed by atoms with Crippen LogP contribution in [0.4, 0.5) is 4.79 Å². The van der Waals surface area contributed by atoms with Crippen LogP contribution in [-0.2, 0) is 23.9 Å². The fraction of sp³-hybridized carbons (Fsp3) is 0.368. The molecule has 30 heavy (non-hydrogen) atoms. The first-order valence-electron chi connectivity index (χ1n) is 8.87. The third kappa shape index (κ3) is 6.11. The molecule has 0 radical (unpaired) electrons. The van der Waals surface area contributed by atoms with Crippen LogP contribution in [0.5, 0.6) is 11.5 Å². The quantitative estimate of drug-likeness (QED) is 0.261. The van der Waals surface area contributed by atoms with Crippen molar-refractivity contribution in [2.24, 2.45) is 0 Å². The molecular formula is C19H20INO8S. The van der Waals surface area contributed by atoms with Gasteiger partial charge in [0.25, 0.3) is 11.1 Å². The van der Waals surface area contributed by atoms with E-state index in [1.54, 1.807) is 26.0 Å². The second-order valence-corrected chi connectivity index (χ2v) is 7.86. The van der Waals surface area contributed by atoms with Crippen molar-refractivity contribution in [3.63, 3.8) is 0 Å². The molecule has 2 rings (SSSR count). The molecule has 1 aromatic carbocycles. The molecule has 11 heteroatoms. The van der Waals surface area contributed by atoms with Crippen molar-refractivity contribution in [1.82, 2.24) is 4.90 Å². The van der Waals surface area contributed by atoms with Gasteiger partial charge in [0, 0.05) is 0 Å². The molecular weight excluding hydrogens is 529 g/mol. The standard InChI is InChI=1S/C19H20INO8S/c1-4-27-15(22)9-21-18(24)14(30-19(21)25)8-11-6-12(20)17(13(7-11)26-3)29-10-16(23)28-5-2/h6-8H,4-5,9-10H2,1-3H3/b14-8+. The zero-order valence-corrected chi connectivity index (χ0v) is 19.5. The number of halogens is 1. The number of ether oxygens (including phenoxy) is 4. The van der Waals surface area contributed by atoms with Crippen molar-refractivity contribution in [3.05, 3.63) is 26.2 Å². The fourth-order valence-corrected chi connectivity index (χ4v) is 4.04. The van der Waals surface area contributed by atoms with Crippen LogP contribution < -0.4 is 9.47 Å². The number of rotatable bonds is 9. The van der Waals surface area contributed by atoms with E-state index in [0.29, 0.717) is 20.6 Å². The van der Waals surface area contributed by atoms with Crippen LogP contribution in [0.3, 0.4) is 0 Å². The van der Waals surface area contributed by atoms with Gasteiger partial charge in [0.15, 0.2) is 18.1 Å². The van der Waals surface area contributed by atoms with Crippen LogP contribution in [0.1, 0.15) is 19.4 Å². The van der Waals surface area contributed by atoms with E-state index in [2.05, 4.69) is 0 Å². The molecule has 1 heterocycles. The lowest BCUT2D eigenvalue weighted by Gasteiger charge is -2.13. The molecule has 0 bridgehead atoms. The summed E-state index contributed by atoms with van der Waals surface area (Å²) in [5.41, 5.74) is 0.585. The Kier molecular flexibility index (Phi) is 8.96. The maximum atomic E-state index is 12.5. The highest BCUT2D eigenvalue weighted by atomic mass is 127. The van der Waals surface area contributed by atoms with Crippen molar-refractivity contribution >= 4 is 63.5 Å². The number of thioether (sulfide) groups is 1. The highest BCUT2D eigenvalue weighted by molar-refractivity contribution is 14.1. The molecule has 0 spiro atoms. The molecule has 2 amide bonds. The minimum absolute atomic E-state index is 0.160. The van der Waals surface area contributed by atoms with Crippen LogP contribution in [-0.4, -0.2) is 61.5 Å². The summed E-state index contributed by atoms with van der Waals surface area (Å²) in [6.07, 6.45) is 1.52. The van der Waals surface area contributed by atoms with Gasteiger partial charge < -0.3 is 18.9 Å². The Labute approximate surface area is 191 Å². The molecule has 0 saturated carbocycles. The minimum Gasteiger partial charge on any atom is -0.493 e. The predicted octanol–water partition coefficient (Wildman–Crippen LogP) is 2.84. The Morgan fingerprint density at radius 2 is 1.80 bits per heavy atom. The third-order valence-electron chi connectivity index (χ3n) is 3.66. The molecule has 1 fully saturated rings. The summed E-state index contributed by atoms with van der Waals surface area (Å²) in [6, 6.07) is 3.32. The Morgan fingerprint density at radius 1 is 1.13 bits per heavy atom. The SMILES string of the molecule is CCOC(=O)COc1c(I)cc(/C=C2/SC(=O)N(CC(=O)OCC)C2=O)cc1OC. The lowest BCUT2D eigenvalue weighted by atomic mass is 10.2. The number of nitrogens with zero attached hydrogens (tertiary/aromatic N) is 1. The summed E-state index contributed by atoms with van der Waals surface area (Å²) < 4.78 is 21.1. The molecule has 0 unspecified atom stereocenters. The molecule has 1 saturated heterocycles. The largest absolute Gasteiger partial charge is 0.493 e. The lowest BCUT2D eigenvalue weighted by molar-refractivity contribution is -0.146. The molecule has 0 aromatic heterocycles. The number of benzene rings is 1. The Bertz CT molecular complexity index is 886. The summed E-state index contributed by atoms with van der Waals surface area (Å²) in [6.45, 7) is 3.05. The molecule has 0 aliphatic carbocycles. The van der Waals surface area contributed by atoms with E-state index in [1.807, 2.05) is 22.6 Å². The number of methoxy groups -OCH3 is 1. The van der Waals surface area contributed by atoms with Crippen molar-refractivity contribution in [1.29, 1.82) is 0 Å². The van der Waals surface area contributed by atoms with Crippen molar-refractivity contribution in [3.8, 4) is 11.5 Å². The first-order chi connectivity index (χ1) is 14.3. The van der Waals surface area contributed by atoms with E-state index < -0.39 is 29.6 Å². The van der Waals surface area contributed by atoms with Crippen LogP contribution in [0.15, 0.2) is 17.0 Å². The molecule has 0 atom stereocenters. The van der Waals surface area contributed by atoms with E-state index in [9.17, 15) is 19.2 Å². The average Bonchev–Trinajstić information content (AvgIpc) is 2.94. The number of carbonyl (C=O) groups excluding carboxylic acids is 4. The average molecular weight is 549 g/mol. The number of carbonyl (C=O) groups is 4. The molecule has 1 aromatic rings. The lowest BCUT2D eigenvalue weighted by Crippen LogP contribution is -2.34. The van der Waals surface area contributed by atoms with Gasteiger partial charge in [0.05, 0.1) is 28.8 Å². The van der Waals surface area contributed by atoms with Gasteiger partial charge in [-0.1, -0.05) is 0 Å². The van der Waals surface area contributed by atoms with Crippen LogP contribution in [0.25, 0.3) is 6.08 Å². The summed E-state index contributed by atoms with van der Waals surface area (Å²) in [7, 11) is 1.44. The molecule has 162 valence electrons. The number of hydrogen-bond acceptors (Lipinski definition) is 9. The number of esters is 2. The third-order valence-corrected chi connectivity index (χ3v) is 5.36. The van der Waals surface area contributed by atoms with Gasteiger partial charge in [0.1, 0.15) is 6.54 Å². The van der Waals surface area contributed by atoms with Gasteiger partial charge in [-0.3, -0.25) is 19.3 Å². The monoisotopic (exact) mass is 549 g/mol. The van der Waals surface area contributed by atoms with Crippen molar-refractivity contribution < 1.29 is 38.1 Å². The summed E-state index contributed by atoms with van der Waals surface area (Å²) >= 11 is 2.75. The van der Waals surface area contributed by atoms with E-state index in [1.165, 1.54) is 13.2 Å². The zero-order valence-electron chi connectivity index (χ0n) is 16.6. The second-order valence-electron chi connectivity index (χ2n) is 5.70. The Morgan fingerprint density at radius 3 is 2.43 bits per heavy atom. The molecule has 9 nitrogen and oxygen atoms in total. The normalized spacial score (nSPS) is 14.8. The van der Waals surface area contributed by atoms with Crippen LogP contribution in [0, 0.1) is 3.57 Å². The van der Waals surface area contributed by atoms with E-state index in [0.717, 1.165) is 16.7 Å². The highest BCUT2D eigenvalue weighted by Crippen LogP contribution is 2.37. The zero-order chi connectivity index (χ0) is 22.3. The topological polar surface area (TPSA) is 108 Å². The van der Waals surface area contributed by atoms with Gasteiger partial charge in [-0.15, -0.1) is 0 Å². The van der Waals surface area contributed by atoms with E-state index in [4.69, 9.17) is 18.9 Å². The number of imide groups is 1. The highest BCUT2D eigenvalue weighted by Gasteiger charge is 2.36.